The summed E-state index contributed by atoms with van der Waals surface area (Å²) < 4.78 is 0. The van der Waals surface area contributed by atoms with Crippen LogP contribution in [-0.4, -0.2) is 61.2 Å². The van der Waals surface area contributed by atoms with Crippen LogP contribution in [0.2, 0.25) is 0 Å². The highest BCUT2D eigenvalue weighted by atomic mass is 15.3. The molecule has 0 radical (unpaired) electrons. The standard InChI is InChI=1S/C11H21N3/c1-2-11-9-14(7-6-13(11)5-1)10-3-4-12-8-10/h10-12H,1-9H2/t10-,11-/m1/s1. The van der Waals surface area contributed by atoms with Crippen LogP contribution in [0.25, 0.3) is 0 Å². The van der Waals surface area contributed by atoms with E-state index in [0.717, 1.165) is 12.1 Å². The topological polar surface area (TPSA) is 18.5 Å². The van der Waals surface area contributed by atoms with Crippen LogP contribution in [-0.2, 0) is 0 Å². The quantitative estimate of drug-likeness (QED) is 0.641. The second-order valence-corrected chi connectivity index (χ2v) is 4.97. The van der Waals surface area contributed by atoms with E-state index in [1.165, 1.54) is 58.5 Å². The molecule has 2 atom stereocenters. The summed E-state index contributed by atoms with van der Waals surface area (Å²) in [5, 5.41) is 3.47. The summed E-state index contributed by atoms with van der Waals surface area (Å²) >= 11 is 0. The van der Waals surface area contributed by atoms with Gasteiger partial charge in [-0.1, -0.05) is 0 Å². The largest absolute Gasteiger partial charge is 0.315 e. The van der Waals surface area contributed by atoms with E-state index >= 15 is 0 Å². The monoisotopic (exact) mass is 195 g/mol. The van der Waals surface area contributed by atoms with E-state index in [4.69, 9.17) is 0 Å². The minimum Gasteiger partial charge on any atom is -0.315 e. The van der Waals surface area contributed by atoms with E-state index in [1.54, 1.807) is 0 Å². The molecule has 0 amide bonds. The van der Waals surface area contributed by atoms with Gasteiger partial charge in [0.25, 0.3) is 0 Å². The van der Waals surface area contributed by atoms with Gasteiger partial charge in [-0.2, -0.15) is 0 Å². The van der Waals surface area contributed by atoms with E-state index in [2.05, 4.69) is 15.1 Å². The Morgan fingerprint density at radius 2 is 1.86 bits per heavy atom. The highest BCUT2D eigenvalue weighted by Gasteiger charge is 2.33. The number of hydrogen-bond acceptors (Lipinski definition) is 3. The molecule has 0 unspecified atom stereocenters. The summed E-state index contributed by atoms with van der Waals surface area (Å²) in [7, 11) is 0. The average molecular weight is 195 g/mol. The number of fused-ring (bicyclic) bond motifs is 1. The van der Waals surface area contributed by atoms with E-state index < -0.39 is 0 Å². The maximum Gasteiger partial charge on any atom is 0.0233 e. The molecule has 0 aromatic heterocycles. The first-order chi connectivity index (χ1) is 6.93. The fourth-order valence-electron chi connectivity index (χ4n) is 3.30. The van der Waals surface area contributed by atoms with Gasteiger partial charge >= 0.3 is 0 Å². The average Bonchev–Trinajstić information content (AvgIpc) is 2.88. The number of hydrogen-bond donors (Lipinski definition) is 1. The van der Waals surface area contributed by atoms with Gasteiger partial charge in [-0.15, -0.1) is 0 Å². The van der Waals surface area contributed by atoms with Gasteiger partial charge in [0, 0.05) is 38.3 Å². The summed E-state index contributed by atoms with van der Waals surface area (Å²) in [6, 6.07) is 1.74. The molecule has 3 rings (SSSR count). The van der Waals surface area contributed by atoms with E-state index in [-0.39, 0.29) is 0 Å². The highest BCUT2D eigenvalue weighted by molar-refractivity contribution is 4.91. The van der Waals surface area contributed by atoms with Crippen molar-refractivity contribution in [2.45, 2.75) is 31.3 Å². The van der Waals surface area contributed by atoms with Crippen molar-refractivity contribution in [3.05, 3.63) is 0 Å². The smallest absolute Gasteiger partial charge is 0.0233 e. The van der Waals surface area contributed by atoms with E-state index in [1.807, 2.05) is 0 Å². The minimum absolute atomic E-state index is 0.845. The Morgan fingerprint density at radius 1 is 0.929 bits per heavy atom. The van der Waals surface area contributed by atoms with Crippen molar-refractivity contribution in [1.82, 2.24) is 15.1 Å². The van der Waals surface area contributed by atoms with Gasteiger partial charge in [0.1, 0.15) is 0 Å². The van der Waals surface area contributed by atoms with Gasteiger partial charge in [0.05, 0.1) is 0 Å². The molecule has 3 heteroatoms. The van der Waals surface area contributed by atoms with Crippen molar-refractivity contribution in [2.24, 2.45) is 0 Å². The lowest BCUT2D eigenvalue weighted by Crippen LogP contribution is -2.53. The van der Waals surface area contributed by atoms with Crippen LogP contribution in [0.1, 0.15) is 19.3 Å². The molecule has 3 heterocycles. The first-order valence-corrected chi connectivity index (χ1v) is 6.12. The van der Waals surface area contributed by atoms with Crippen molar-refractivity contribution < 1.29 is 0 Å². The lowest BCUT2D eigenvalue weighted by molar-refractivity contribution is 0.0775. The van der Waals surface area contributed by atoms with Crippen LogP contribution in [0.15, 0.2) is 0 Å². The first-order valence-electron chi connectivity index (χ1n) is 6.12. The van der Waals surface area contributed by atoms with Crippen LogP contribution in [0.5, 0.6) is 0 Å². The number of piperazine rings is 1. The third-order valence-electron chi connectivity index (χ3n) is 4.17. The van der Waals surface area contributed by atoms with Gasteiger partial charge in [0.2, 0.25) is 0 Å². The molecule has 3 saturated heterocycles. The fraction of sp³-hybridized carbons (Fsp3) is 1.00. The van der Waals surface area contributed by atoms with Crippen molar-refractivity contribution in [2.75, 3.05) is 39.3 Å². The van der Waals surface area contributed by atoms with Crippen LogP contribution in [0.4, 0.5) is 0 Å². The molecule has 0 spiro atoms. The summed E-state index contributed by atoms with van der Waals surface area (Å²) in [4.78, 5) is 5.42. The van der Waals surface area contributed by atoms with Crippen LogP contribution < -0.4 is 5.32 Å². The minimum atomic E-state index is 0.845. The molecular formula is C11H21N3. The maximum absolute atomic E-state index is 3.47. The summed E-state index contributed by atoms with van der Waals surface area (Å²) in [6.45, 7) is 7.79. The second-order valence-electron chi connectivity index (χ2n) is 4.97. The Morgan fingerprint density at radius 3 is 2.71 bits per heavy atom. The first kappa shape index (κ1) is 9.13. The second kappa shape index (κ2) is 3.80. The van der Waals surface area contributed by atoms with Crippen LogP contribution in [0.3, 0.4) is 0 Å². The van der Waals surface area contributed by atoms with E-state index in [9.17, 15) is 0 Å². The highest BCUT2D eigenvalue weighted by Crippen LogP contribution is 2.23. The van der Waals surface area contributed by atoms with Crippen molar-refractivity contribution >= 4 is 0 Å². The number of nitrogens with one attached hydrogen (secondary N) is 1. The maximum atomic E-state index is 3.47. The Hall–Kier alpha value is -0.120. The third-order valence-corrected chi connectivity index (χ3v) is 4.17. The van der Waals surface area contributed by atoms with Crippen LogP contribution >= 0.6 is 0 Å². The Bertz CT molecular complexity index is 201. The number of rotatable bonds is 1. The molecule has 0 aliphatic carbocycles. The summed E-state index contributed by atoms with van der Waals surface area (Å²) in [6.07, 6.45) is 4.24. The van der Waals surface area contributed by atoms with Gasteiger partial charge in [-0.05, 0) is 32.4 Å². The van der Waals surface area contributed by atoms with Gasteiger partial charge in [0.15, 0.2) is 0 Å². The number of nitrogens with zero attached hydrogens (tertiary/aromatic N) is 2. The predicted octanol–water partition coefficient (Wildman–Crippen LogP) is 0.128. The SMILES string of the molecule is C1C[C@@H]2CN([C@@H]3CCNC3)CCN2C1. The Kier molecular flexibility index (Phi) is 2.48. The zero-order valence-electron chi connectivity index (χ0n) is 8.91. The molecule has 3 nitrogen and oxygen atoms in total. The van der Waals surface area contributed by atoms with Gasteiger partial charge < -0.3 is 5.32 Å². The fourth-order valence-corrected chi connectivity index (χ4v) is 3.30. The molecule has 3 aliphatic heterocycles. The zero-order valence-corrected chi connectivity index (χ0v) is 8.91. The van der Waals surface area contributed by atoms with Gasteiger partial charge in [-0.3, -0.25) is 9.80 Å². The van der Waals surface area contributed by atoms with Crippen molar-refractivity contribution in [3.63, 3.8) is 0 Å². The molecular weight excluding hydrogens is 174 g/mol. The van der Waals surface area contributed by atoms with Crippen molar-refractivity contribution in [1.29, 1.82) is 0 Å². The normalized spacial score (nSPS) is 40.3. The predicted molar refractivity (Wildman–Crippen MR) is 57.4 cm³/mol. The molecule has 0 saturated carbocycles. The Balaban J connectivity index is 1.60. The molecule has 1 N–H and O–H groups in total. The molecule has 3 fully saturated rings. The molecule has 14 heavy (non-hydrogen) atoms. The van der Waals surface area contributed by atoms with Crippen molar-refractivity contribution in [3.8, 4) is 0 Å². The van der Waals surface area contributed by atoms with E-state index in [0.29, 0.717) is 0 Å². The molecule has 3 aliphatic rings. The molecule has 0 aromatic rings. The summed E-state index contributed by atoms with van der Waals surface area (Å²) in [5.74, 6) is 0. The third kappa shape index (κ3) is 1.58. The zero-order chi connectivity index (χ0) is 9.38. The van der Waals surface area contributed by atoms with Gasteiger partial charge in [-0.25, -0.2) is 0 Å². The molecule has 80 valence electrons. The summed E-state index contributed by atoms with van der Waals surface area (Å²) in [5.41, 5.74) is 0. The molecule has 0 bridgehead atoms. The lowest BCUT2D eigenvalue weighted by atomic mass is 10.1. The van der Waals surface area contributed by atoms with Crippen LogP contribution in [0, 0.1) is 0 Å². The Labute approximate surface area is 86.4 Å². The molecule has 0 aromatic carbocycles. The lowest BCUT2D eigenvalue weighted by Gasteiger charge is -2.40.